The second kappa shape index (κ2) is 56.1. The first-order valence-corrected chi connectivity index (χ1v) is 32.5. The van der Waals surface area contributed by atoms with Crippen molar-refractivity contribution in [2.24, 2.45) is 0 Å². The molecule has 0 bridgehead atoms. The Morgan fingerprint density at radius 2 is 0.950 bits per heavy atom. The monoisotopic (exact) mass is 1120 g/mol. The van der Waals surface area contributed by atoms with Crippen LogP contribution in [0.25, 0.3) is 0 Å². The first-order chi connectivity index (χ1) is 39.2. The van der Waals surface area contributed by atoms with Crippen molar-refractivity contribution in [3.8, 4) is 0 Å². The summed E-state index contributed by atoms with van der Waals surface area (Å²) in [6.07, 6.45) is 64.4. The number of allylic oxidation sites excluding steroid dienone is 15. The van der Waals surface area contributed by atoms with E-state index in [0.717, 1.165) is 116 Å². The van der Waals surface area contributed by atoms with Crippen LogP contribution in [0.1, 0.15) is 265 Å². The minimum atomic E-state index is -1.62. The molecule has 1 amide bonds. The zero-order valence-electron chi connectivity index (χ0n) is 50.9. The third kappa shape index (κ3) is 43.3. The van der Waals surface area contributed by atoms with Gasteiger partial charge in [0.1, 0.15) is 24.4 Å². The maximum absolute atomic E-state index is 13.4. The van der Waals surface area contributed by atoms with Crippen molar-refractivity contribution in [3.05, 3.63) is 97.2 Å². The van der Waals surface area contributed by atoms with E-state index in [0.29, 0.717) is 12.8 Å². The lowest BCUT2D eigenvalue weighted by Gasteiger charge is -2.41. The number of aliphatic hydroxyl groups is 5. The molecule has 11 heteroatoms. The van der Waals surface area contributed by atoms with Gasteiger partial charge in [0, 0.05) is 6.42 Å². The van der Waals surface area contributed by atoms with E-state index >= 15 is 0 Å². The molecular formula is C69H119NO10. The first-order valence-electron chi connectivity index (χ1n) is 32.5. The Morgan fingerprint density at radius 1 is 0.512 bits per heavy atom. The van der Waals surface area contributed by atoms with Crippen LogP contribution in [-0.2, 0) is 23.8 Å². The Balaban J connectivity index is 2.61. The van der Waals surface area contributed by atoms with Crippen molar-refractivity contribution in [1.82, 2.24) is 5.32 Å². The predicted octanol–water partition coefficient (Wildman–Crippen LogP) is 15.9. The van der Waals surface area contributed by atoms with E-state index in [-0.39, 0.29) is 19.4 Å². The highest BCUT2D eigenvalue weighted by atomic mass is 16.7. The first kappa shape index (κ1) is 74.6. The summed E-state index contributed by atoms with van der Waals surface area (Å²) in [5, 5.41) is 57.0. The Kier molecular flexibility index (Phi) is 52.3. The highest BCUT2D eigenvalue weighted by Gasteiger charge is 2.47. The van der Waals surface area contributed by atoms with Gasteiger partial charge in [0.15, 0.2) is 12.4 Å². The number of rotatable bonds is 54. The number of nitrogens with one attached hydrogen (secondary N) is 1. The number of ether oxygens (including phenoxy) is 3. The number of esters is 1. The van der Waals surface area contributed by atoms with Gasteiger partial charge in [0.05, 0.1) is 25.4 Å². The van der Waals surface area contributed by atoms with E-state index in [1.807, 2.05) is 18.2 Å². The van der Waals surface area contributed by atoms with Gasteiger partial charge in [0.25, 0.3) is 0 Å². The number of carbonyl (C=O) groups excluding carboxylic acids is 2. The molecule has 8 atom stereocenters. The molecule has 1 rings (SSSR count). The standard InChI is InChI=1S/C69H119NO10/c1-4-7-10-13-16-19-22-25-27-28-29-30-31-32-33-34-35-36-37-39-42-45-48-51-54-57-64(74)80-67-66(76)65(75)63(58-71)79-69(67)78-59-60(61(72)55-52-49-46-43-40-24-21-18-15-12-9-6-3)70-68(77)62(73)56-53-50-47-44-41-38-26-23-20-17-14-11-8-5-2/h8,11,14,16-17,19-20,23,25,27,29-30,32-33,52,55,60-63,65-67,69,71-73,75-76H,4-7,9-10,12-13,15,18,21-22,24,26,28,31,34-51,53-54,56-59H2,1-3H3,(H,70,77)/b11-8+,17-14+,19-16-,23-20+,27-25-,30-29-,33-32-,55-52+. The van der Waals surface area contributed by atoms with Crippen molar-refractivity contribution in [1.29, 1.82) is 0 Å². The fraction of sp³-hybridized carbons (Fsp3) is 0.739. The van der Waals surface area contributed by atoms with Gasteiger partial charge in [-0.2, -0.15) is 0 Å². The van der Waals surface area contributed by atoms with Crippen LogP contribution in [0.3, 0.4) is 0 Å². The molecule has 6 N–H and O–H groups in total. The summed E-state index contributed by atoms with van der Waals surface area (Å²) in [4.78, 5) is 26.6. The summed E-state index contributed by atoms with van der Waals surface area (Å²) in [7, 11) is 0. The Bertz CT molecular complexity index is 1670. The second-order valence-electron chi connectivity index (χ2n) is 22.2. The molecule has 0 aromatic rings. The van der Waals surface area contributed by atoms with Gasteiger partial charge in [-0.1, -0.05) is 266 Å². The van der Waals surface area contributed by atoms with Gasteiger partial charge in [-0.15, -0.1) is 0 Å². The molecule has 1 fully saturated rings. The number of hydrogen-bond donors (Lipinski definition) is 6. The zero-order valence-corrected chi connectivity index (χ0v) is 50.9. The van der Waals surface area contributed by atoms with Gasteiger partial charge in [-0.3, -0.25) is 9.59 Å². The molecule has 1 saturated heterocycles. The minimum absolute atomic E-state index is 0.110. The van der Waals surface area contributed by atoms with E-state index < -0.39 is 67.4 Å². The average Bonchev–Trinajstić information content (AvgIpc) is 3.46. The van der Waals surface area contributed by atoms with Crippen molar-refractivity contribution >= 4 is 11.9 Å². The van der Waals surface area contributed by atoms with Gasteiger partial charge in [0.2, 0.25) is 5.91 Å². The highest BCUT2D eigenvalue weighted by Crippen LogP contribution is 2.26. The van der Waals surface area contributed by atoms with Crippen LogP contribution in [0, 0.1) is 0 Å². The molecule has 0 aromatic heterocycles. The molecule has 0 aromatic carbocycles. The van der Waals surface area contributed by atoms with Crippen molar-refractivity contribution in [3.63, 3.8) is 0 Å². The molecule has 0 radical (unpaired) electrons. The fourth-order valence-corrected chi connectivity index (χ4v) is 9.63. The van der Waals surface area contributed by atoms with E-state index in [9.17, 15) is 35.1 Å². The van der Waals surface area contributed by atoms with Crippen molar-refractivity contribution < 1.29 is 49.3 Å². The molecule has 0 saturated carbocycles. The zero-order chi connectivity index (χ0) is 58.2. The molecule has 0 aliphatic carbocycles. The minimum Gasteiger partial charge on any atom is -0.454 e. The maximum Gasteiger partial charge on any atom is 0.306 e. The summed E-state index contributed by atoms with van der Waals surface area (Å²) >= 11 is 0. The molecule has 11 nitrogen and oxygen atoms in total. The van der Waals surface area contributed by atoms with Crippen LogP contribution in [-0.4, -0.2) is 99.6 Å². The third-order valence-electron chi connectivity index (χ3n) is 14.8. The lowest BCUT2D eigenvalue weighted by molar-refractivity contribution is -0.305. The molecule has 1 aliphatic rings. The SMILES string of the molecule is CC/C=C/C=C/C=C/CCCCCCCCC(O)C(=O)NC(COC1OC(CO)C(O)C(O)C1OC(=O)CCCCCCCCCCC/C=C\C/C=C\C/C=C\C/C=C\CCCCC)C(O)/C=C/CCCCCCCCCCCC. The Labute approximate surface area is 488 Å². The van der Waals surface area contributed by atoms with Crippen molar-refractivity contribution in [2.45, 2.75) is 314 Å². The largest absolute Gasteiger partial charge is 0.454 e. The van der Waals surface area contributed by atoms with Crippen LogP contribution in [0.2, 0.25) is 0 Å². The Morgan fingerprint density at radius 3 is 1.48 bits per heavy atom. The quantitative estimate of drug-likeness (QED) is 0.0149. The second-order valence-corrected chi connectivity index (χ2v) is 22.2. The Hall–Kier alpha value is -3.42. The number of amides is 1. The van der Waals surface area contributed by atoms with Gasteiger partial charge in [-0.05, 0) is 89.9 Å². The van der Waals surface area contributed by atoms with Crippen LogP contribution in [0.4, 0.5) is 0 Å². The summed E-state index contributed by atoms with van der Waals surface area (Å²) in [5.41, 5.74) is 0. The number of unbranched alkanes of at least 4 members (excludes halogenated alkanes) is 28. The van der Waals surface area contributed by atoms with Gasteiger partial charge >= 0.3 is 5.97 Å². The van der Waals surface area contributed by atoms with Crippen LogP contribution < -0.4 is 5.32 Å². The summed E-state index contributed by atoms with van der Waals surface area (Å²) in [6, 6.07) is -1.04. The highest BCUT2D eigenvalue weighted by molar-refractivity contribution is 5.80. The third-order valence-corrected chi connectivity index (χ3v) is 14.8. The number of hydrogen-bond acceptors (Lipinski definition) is 10. The molecule has 1 aliphatic heterocycles. The van der Waals surface area contributed by atoms with E-state index in [2.05, 4.69) is 99.0 Å². The summed E-state index contributed by atoms with van der Waals surface area (Å²) in [6.45, 7) is 5.62. The number of carbonyl (C=O) groups is 2. The summed E-state index contributed by atoms with van der Waals surface area (Å²) < 4.78 is 17.6. The molecule has 80 heavy (non-hydrogen) atoms. The molecule has 460 valence electrons. The molecular weight excluding hydrogens is 1000 g/mol. The van der Waals surface area contributed by atoms with Gasteiger partial charge in [-0.25, -0.2) is 0 Å². The predicted molar refractivity (Wildman–Crippen MR) is 333 cm³/mol. The van der Waals surface area contributed by atoms with Crippen LogP contribution in [0.15, 0.2) is 97.2 Å². The summed E-state index contributed by atoms with van der Waals surface area (Å²) in [5.74, 6) is -1.22. The fourth-order valence-electron chi connectivity index (χ4n) is 9.63. The molecule has 1 heterocycles. The van der Waals surface area contributed by atoms with E-state index in [1.165, 1.54) is 103 Å². The lowest BCUT2D eigenvalue weighted by Crippen LogP contribution is -2.61. The lowest BCUT2D eigenvalue weighted by atomic mass is 9.99. The van der Waals surface area contributed by atoms with Crippen LogP contribution in [0.5, 0.6) is 0 Å². The van der Waals surface area contributed by atoms with Crippen LogP contribution >= 0.6 is 0 Å². The number of aliphatic hydroxyl groups excluding tert-OH is 5. The molecule has 0 spiro atoms. The van der Waals surface area contributed by atoms with Gasteiger partial charge < -0.3 is 45.1 Å². The normalized spacial score (nSPS) is 19.4. The molecule has 8 unspecified atom stereocenters. The average molecular weight is 1120 g/mol. The van der Waals surface area contributed by atoms with Crippen molar-refractivity contribution in [2.75, 3.05) is 13.2 Å². The maximum atomic E-state index is 13.4. The van der Waals surface area contributed by atoms with E-state index in [4.69, 9.17) is 14.2 Å². The van der Waals surface area contributed by atoms with E-state index in [1.54, 1.807) is 6.08 Å². The topological polar surface area (TPSA) is 175 Å². The smallest absolute Gasteiger partial charge is 0.306 e.